The van der Waals surface area contributed by atoms with Crippen LogP contribution in [0.25, 0.3) is 21.0 Å². The number of nitrogens with two attached hydrogens (primary N) is 1. The van der Waals surface area contributed by atoms with Gasteiger partial charge in [-0.15, -0.1) is 11.3 Å². The summed E-state index contributed by atoms with van der Waals surface area (Å²) in [5.74, 6) is 0. The van der Waals surface area contributed by atoms with E-state index < -0.39 is 0 Å². The summed E-state index contributed by atoms with van der Waals surface area (Å²) in [6, 6.07) is 14.8. The van der Waals surface area contributed by atoms with Gasteiger partial charge in [0.05, 0.1) is 4.88 Å². The van der Waals surface area contributed by atoms with Crippen molar-refractivity contribution in [3.05, 3.63) is 54.2 Å². The highest BCUT2D eigenvalue weighted by Gasteiger charge is 2.15. The van der Waals surface area contributed by atoms with Crippen LogP contribution in [0, 0.1) is 0 Å². The van der Waals surface area contributed by atoms with Gasteiger partial charge in [-0.2, -0.15) is 0 Å². The van der Waals surface area contributed by atoms with Gasteiger partial charge in [-0.3, -0.25) is 4.72 Å². The van der Waals surface area contributed by atoms with Crippen molar-refractivity contribution in [1.82, 2.24) is 9.71 Å². The Labute approximate surface area is 169 Å². The van der Waals surface area contributed by atoms with Crippen LogP contribution in [0.4, 0.5) is 5.69 Å². The third kappa shape index (κ3) is 5.11. The predicted octanol–water partition coefficient (Wildman–Crippen LogP) is 5.37. The van der Waals surface area contributed by atoms with Gasteiger partial charge in [0.15, 0.2) is 0 Å². The molecule has 142 valence electrons. The van der Waals surface area contributed by atoms with E-state index in [4.69, 9.17) is 5.73 Å². The number of rotatable bonds is 6. The molecule has 3 rings (SSSR count). The lowest BCUT2D eigenvalue weighted by Crippen LogP contribution is -2.29. The van der Waals surface area contributed by atoms with Crippen molar-refractivity contribution >= 4 is 29.0 Å². The summed E-state index contributed by atoms with van der Waals surface area (Å²) in [5.41, 5.74) is 10.4. The zero-order chi connectivity index (χ0) is 19.4. The molecular formula is C21H26N4S2. The van der Waals surface area contributed by atoms with E-state index >= 15 is 0 Å². The van der Waals surface area contributed by atoms with Crippen molar-refractivity contribution < 1.29 is 0 Å². The molecule has 0 saturated carbocycles. The topological polar surface area (TPSA) is 63.0 Å². The molecule has 0 atom stereocenters. The number of nitrogens with zero attached hydrogens (tertiary/aromatic N) is 1. The fraction of sp³-hybridized carbons (Fsp3) is 0.286. The SMILES string of the molecule is CNc1ccc(-c2ncc(-c3ccc(CN)cc3SNC(C)(C)C)s2)cc1. The second-order valence-corrected chi connectivity index (χ2v) is 9.22. The second kappa shape index (κ2) is 8.44. The molecule has 2 aromatic carbocycles. The van der Waals surface area contributed by atoms with Gasteiger partial charge in [0, 0.05) is 47.0 Å². The van der Waals surface area contributed by atoms with Crippen molar-refractivity contribution in [3.8, 4) is 21.0 Å². The zero-order valence-corrected chi connectivity index (χ0v) is 17.8. The van der Waals surface area contributed by atoms with Crippen molar-refractivity contribution in [2.45, 2.75) is 37.8 Å². The molecule has 4 nitrogen and oxygen atoms in total. The van der Waals surface area contributed by atoms with Crippen molar-refractivity contribution in [2.24, 2.45) is 5.73 Å². The van der Waals surface area contributed by atoms with Crippen LogP contribution in [-0.2, 0) is 6.54 Å². The van der Waals surface area contributed by atoms with E-state index in [-0.39, 0.29) is 5.54 Å². The van der Waals surface area contributed by atoms with Crippen LogP contribution < -0.4 is 15.8 Å². The number of benzene rings is 2. The molecule has 0 spiro atoms. The Bertz CT molecular complexity index is 895. The fourth-order valence-corrected chi connectivity index (χ4v) is 4.44. The quantitative estimate of drug-likeness (QED) is 0.487. The largest absolute Gasteiger partial charge is 0.388 e. The maximum atomic E-state index is 5.85. The molecule has 1 aromatic heterocycles. The molecule has 0 bridgehead atoms. The van der Waals surface area contributed by atoms with Crippen LogP contribution in [0.1, 0.15) is 26.3 Å². The summed E-state index contributed by atoms with van der Waals surface area (Å²) in [6.45, 7) is 7.01. The third-order valence-corrected chi connectivity index (χ3v) is 6.29. The second-order valence-electron chi connectivity index (χ2n) is 7.35. The molecule has 0 amide bonds. The van der Waals surface area contributed by atoms with Crippen LogP contribution in [0.3, 0.4) is 0 Å². The van der Waals surface area contributed by atoms with Crippen LogP contribution in [0.2, 0.25) is 0 Å². The van der Waals surface area contributed by atoms with Gasteiger partial charge in [-0.05, 0) is 68.6 Å². The molecule has 0 fully saturated rings. The summed E-state index contributed by atoms with van der Waals surface area (Å²) < 4.78 is 3.50. The van der Waals surface area contributed by atoms with Crippen molar-refractivity contribution in [3.63, 3.8) is 0 Å². The van der Waals surface area contributed by atoms with Crippen LogP contribution in [0.5, 0.6) is 0 Å². The summed E-state index contributed by atoms with van der Waals surface area (Å²) in [5, 5.41) is 4.17. The van der Waals surface area contributed by atoms with Crippen molar-refractivity contribution in [1.29, 1.82) is 0 Å². The van der Waals surface area contributed by atoms with Gasteiger partial charge >= 0.3 is 0 Å². The first-order valence-corrected chi connectivity index (χ1v) is 10.5. The number of thiazole rings is 1. The first kappa shape index (κ1) is 19.9. The van der Waals surface area contributed by atoms with E-state index in [1.807, 2.05) is 13.2 Å². The first-order valence-electron chi connectivity index (χ1n) is 8.91. The number of aromatic nitrogens is 1. The standard InChI is InChI=1S/C21H26N4S2/c1-21(2,3)25-27-18-11-14(12-22)5-10-17(18)19-13-24-20(26-19)15-6-8-16(23-4)9-7-15/h5-11,13,23,25H,12,22H2,1-4H3. The summed E-state index contributed by atoms with van der Waals surface area (Å²) >= 11 is 3.36. The van der Waals surface area contributed by atoms with E-state index in [0.717, 1.165) is 26.7 Å². The summed E-state index contributed by atoms with van der Waals surface area (Å²) in [6.07, 6.45) is 1.96. The van der Waals surface area contributed by atoms with Crippen LogP contribution in [0.15, 0.2) is 53.6 Å². The van der Waals surface area contributed by atoms with E-state index in [2.05, 4.69) is 78.3 Å². The van der Waals surface area contributed by atoms with Crippen LogP contribution in [-0.4, -0.2) is 17.6 Å². The molecule has 27 heavy (non-hydrogen) atoms. The van der Waals surface area contributed by atoms with E-state index in [0.29, 0.717) is 6.54 Å². The Kier molecular flexibility index (Phi) is 6.22. The molecular weight excluding hydrogens is 372 g/mol. The maximum absolute atomic E-state index is 5.85. The zero-order valence-electron chi connectivity index (χ0n) is 16.2. The summed E-state index contributed by atoms with van der Waals surface area (Å²) in [4.78, 5) is 6.99. The van der Waals surface area contributed by atoms with E-state index in [1.165, 1.54) is 10.5 Å². The third-order valence-electron chi connectivity index (χ3n) is 3.94. The van der Waals surface area contributed by atoms with E-state index in [1.54, 1.807) is 23.3 Å². The number of hydrogen-bond donors (Lipinski definition) is 3. The number of anilines is 1. The van der Waals surface area contributed by atoms with Gasteiger partial charge in [0.25, 0.3) is 0 Å². The Morgan fingerprint density at radius 1 is 1.11 bits per heavy atom. The average Bonchev–Trinajstić information content (AvgIpc) is 3.15. The Hall–Kier alpha value is -1.86. The van der Waals surface area contributed by atoms with Gasteiger partial charge in [-0.1, -0.05) is 12.1 Å². The fourth-order valence-electron chi connectivity index (χ4n) is 2.50. The minimum absolute atomic E-state index is 0.0224. The lowest BCUT2D eigenvalue weighted by Gasteiger charge is -2.20. The first-order chi connectivity index (χ1) is 12.9. The minimum atomic E-state index is 0.0224. The minimum Gasteiger partial charge on any atom is -0.388 e. The number of nitrogens with one attached hydrogen (secondary N) is 2. The Morgan fingerprint density at radius 3 is 2.48 bits per heavy atom. The van der Waals surface area contributed by atoms with Gasteiger partial charge in [0.1, 0.15) is 5.01 Å². The summed E-state index contributed by atoms with van der Waals surface area (Å²) in [7, 11) is 1.92. The molecule has 0 unspecified atom stereocenters. The molecule has 4 N–H and O–H groups in total. The lowest BCUT2D eigenvalue weighted by molar-refractivity contribution is 0.535. The molecule has 0 radical (unpaired) electrons. The molecule has 0 aliphatic rings. The highest BCUT2D eigenvalue weighted by atomic mass is 32.2. The average molecular weight is 399 g/mol. The monoisotopic (exact) mass is 398 g/mol. The highest BCUT2D eigenvalue weighted by Crippen LogP contribution is 2.38. The molecule has 0 aliphatic heterocycles. The normalized spacial score (nSPS) is 11.6. The van der Waals surface area contributed by atoms with E-state index in [9.17, 15) is 0 Å². The van der Waals surface area contributed by atoms with Gasteiger partial charge < -0.3 is 11.1 Å². The lowest BCUT2D eigenvalue weighted by atomic mass is 10.1. The van der Waals surface area contributed by atoms with Crippen molar-refractivity contribution in [2.75, 3.05) is 12.4 Å². The smallest absolute Gasteiger partial charge is 0.123 e. The highest BCUT2D eigenvalue weighted by molar-refractivity contribution is 7.97. The molecule has 3 aromatic rings. The molecule has 6 heteroatoms. The molecule has 0 saturated heterocycles. The Balaban J connectivity index is 1.92. The maximum Gasteiger partial charge on any atom is 0.123 e. The van der Waals surface area contributed by atoms with Crippen LogP contribution >= 0.6 is 23.3 Å². The molecule has 1 heterocycles. The predicted molar refractivity (Wildman–Crippen MR) is 119 cm³/mol. The number of hydrogen-bond acceptors (Lipinski definition) is 6. The molecule has 0 aliphatic carbocycles. The Morgan fingerprint density at radius 2 is 1.85 bits per heavy atom. The van der Waals surface area contributed by atoms with Gasteiger partial charge in [0.2, 0.25) is 0 Å². The van der Waals surface area contributed by atoms with Gasteiger partial charge in [-0.25, -0.2) is 4.98 Å².